The van der Waals surface area contributed by atoms with Crippen molar-refractivity contribution in [1.82, 2.24) is 4.90 Å². The van der Waals surface area contributed by atoms with Crippen LogP contribution in [0.4, 0.5) is 0 Å². The summed E-state index contributed by atoms with van der Waals surface area (Å²) in [6.45, 7) is 6.20. The molecule has 0 saturated heterocycles. The molecule has 1 aliphatic rings. The van der Waals surface area contributed by atoms with E-state index in [-0.39, 0.29) is 5.92 Å². The molecule has 3 heteroatoms. The van der Waals surface area contributed by atoms with Gasteiger partial charge in [0.1, 0.15) is 5.78 Å². The van der Waals surface area contributed by atoms with Crippen LogP contribution in [0.3, 0.4) is 0 Å². The van der Waals surface area contributed by atoms with Crippen LogP contribution >= 0.6 is 15.9 Å². The molecular weight excluding hydrogens is 314 g/mol. The zero-order valence-corrected chi connectivity index (χ0v) is 14.2. The Bertz CT molecular complexity index is 457. The number of carbonyl (C=O) groups is 1. The second-order valence-electron chi connectivity index (χ2n) is 6.42. The van der Waals surface area contributed by atoms with Crippen LogP contribution in [-0.4, -0.2) is 24.3 Å². The van der Waals surface area contributed by atoms with Gasteiger partial charge in [-0.05, 0) is 43.0 Å². The predicted octanol–water partition coefficient (Wildman–Crippen LogP) is 4.13. The van der Waals surface area contributed by atoms with Gasteiger partial charge in [0.05, 0.1) is 0 Å². The molecular formula is C17H24BrNO. The highest BCUT2D eigenvalue weighted by Gasteiger charge is 2.32. The largest absolute Gasteiger partial charge is 0.301 e. The van der Waals surface area contributed by atoms with E-state index < -0.39 is 0 Å². The molecule has 1 aromatic rings. The fraction of sp³-hybridized carbons (Fsp3) is 0.588. The lowest BCUT2D eigenvalue weighted by Crippen LogP contribution is -2.38. The van der Waals surface area contributed by atoms with Crippen LogP contribution in [0.2, 0.25) is 0 Å². The Morgan fingerprint density at radius 1 is 1.25 bits per heavy atom. The molecule has 3 unspecified atom stereocenters. The van der Waals surface area contributed by atoms with Crippen molar-refractivity contribution in [2.45, 2.75) is 33.2 Å². The van der Waals surface area contributed by atoms with Crippen molar-refractivity contribution in [2.24, 2.45) is 17.8 Å². The van der Waals surface area contributed by atoms with E-state index in [0.717, 1.165) is 24.0 Å². The Labute approximate surface area is 130 Å². The van der Waals surface area contributed by atoms with E-state index in [1.54, 1.807) is 0 Å². The SMILES string of the molecule is CC1CC(=O)C(CN(C)Cc2ccc(Br)cc2)C(C)C1. The number of hydrogen-bond donors (Lipinski definition) is 0. The summed E-state index contributed by atoms with van der Waals surface area (Å²) in [5, 5.41) is 0. The first-order chi connectivity index (χ1) is 9.45. The fourth-order valence-corrected chi connectivity index (χ4v) is 3.54. The Hall–Kier alpha value is -0.670. The van der Waals surface area contributed by atoms with Crippen molar-refractivity contribution in [2.75, 3.05) is 13.6 Å². The first-order valence-electron chi connectivity index (χ1n) is 7.41. The second kappa shape index (κ2) is 6.86. The summed E-state index contributed by atoms with van der Waals surface area (Å²) >= 11 is 3.45. The van der Waals surface area contributed by atoms with Crippen molar-refractivity contribution in [3.8, 4) is 0 Å². The third kappa shape index (κ3) is 4.16. The zero-order valence-electron chi connectivity index (χ0n) is 12.6. The number of nitrogens with zero attached hydrogens (tertiary/aromatic N) is 1. The summed E-state index contributed by atoms with van der Waals surface area (Å²) in [6.07, 6.45) is 1.95. The van der Waals surface area contributed by atoms with Crippen LogP contribution in [0.25, 0.3) is 0 Å². The highest BCUT2D eigenvalue weighted by Crippen LogP contribution is 2.31. The average molecular weight is 338 g/mol. The highest BCUT2D eigenvalue weighted by molar-refractivity contribution is 9.10. The standard InChI is InChI=1S/C17H24BrNO/c1-12-8-13(2)16(17(20)9-12)11-19(3)10-14-4-6-15(18)7-5-14/h4-7,12-13,16H,8-11H2,1-3H3. The number of carbonyl (C=O) groups excluding carboxylic acids is 1. The summed E-state index contributed by atoms with van der Waals surface area (Å²) in [5.41, 5.74) is 1.29. The van der Waals surface area contributed by atoms with E-state index in [1.165, 1.54) is 12.0 Å². The van der Waals surface area contributed by atoms with Crippen LogP contribution in [0.1, 0.15) is 32.3 Å². The van der Waals surface area contributed by atoms with Crippen molar-refractivity contribution in [3.05, 3.63) is 34.3 Å². The number of rotatable bonds is 4. The molecule has 0 N–H and O–H groups in total. The molecule has 3 atom stereocenters. The molecule has 0 heterocycles. The maximum atomic E-state index is 12.2. The van der Waals surface area contributed by atoms with Gasteiger partial charge in [-0.1, -0.05) is 41.9 Å². The third-order valence-corrected chi connectivity index (χ3v) is 4.83. The minimum Gasteiger partial charge on any atom is -0.301 e. The molecule has 1 saturated carbocycles. The monoisotopic (exact) mass is 337 g/mol. The smallest absolute Gasteiger partial charge is 0.137 e. The number of halogens is 1. The molecule has 0 aromatic heterocycles. The van der Waals surface area contributed by atoms with Crippen LogP contribution in [0.15, 0.2) is 28.7 Å². The summed E-state index contributed by atoms with van der Waals surface area (Å²) in [7, 11) is 2.11. The molecule has 110 valence electrons. The van der Waals surface area contributed by atoms with Gasteiger partial charge in [-0.2, -0.15) is 0 Å². The highest BCUT2D eigenvalue weighted by atomic mass is 79.9. The first-order valence-corrected chi connectivity index (χ1v) is 8.20. The van der Waals surface area contributed by atoms with Gasteiger partial charge in [-0.3, -0.25) is 4.79 Å². The summed E-state index contributed by atoms with van der Waals surface area (Å²) < 4.78 is 1.11. The molecule has 0 radical (unpaired) electrons. The molecule has 1 fully saturated rings. The molecule has 0 aliphatic heterocycles. The van der Waals surface area contributed by atoms with E-state index >= 15 is 0 Å². The molecule has 0 amide bonds. The van der Waals surface area contributed by atoms with Gasteiger partial charge in [0.15, 0.2) is 0 Å². The summed E-state index contributed by atoms with van der Waals surface area (Å²) in [4.78, 5) is 14.5. The van der Waals surface area contributed by atoms with Gasteiger partial charge in [0.25, 0.3) is 0 Å². The fourth-order valence-electron chi connectivity index (χ4n) is 3.28. The first kappa shape index (κ1) is 15.7. The number of ketones is 1. The van der Waals surface area contributed by atoms with Crippen LogP contribution in [0.5, 0.6) is 0 Å². The van der Waals surface area contributed by atoms with Crippen molar-refractivity contribution in [3.63, 3.8) is 0 Å². The summed E-state index contributed by atoms with van der Waals surface area (Å²) in [6, 6.07) is 8.40. The lowest BCUT2D eigenvalue weighted by molar-refractivity contribution is -0.128. The quantitative estimate of drug-likeness (QED) is 0.823. The topological polar surface area (TPSA) is 20.3 Å². The second-order valence-corrected chi connectivity index (χ2v) is 7.33. The molecule has 0 bridgehead atoms. The Morgan fingerprint density at radius 3 is 2.50 bits per heavy atom. The summed E-state index contributed by atoms with van der Waals surface area (Å²) in [5.74, 6) is 1.75. The Balaban J connectivity index is 1.92. The molecule has 1 aromatic carbocycles. The normalized spacial score (nSPS) is 27.1. The van der Waals surface area contributed by atoms with Crippen LogP contribution < -0.4 is 0 Å². The Morgan fingerprint density at radius 2 is 1.90 bits per heavy atom. The van der Waals surface area contributed by atoms with Crippen molar-refractivity contribution in [1.29, 1.82) is 0 Å². The zero-order chi connectivity index (χ0) is 14.7. The van der Waals surface area contributed by atoms with E-state index in [9.17, 15) is 4.79 Å². The van der Waals surface area contributed by atoms with Crippen molar-refractivity contribution < 1.29 is 4.79 Å². The molecule has 20 heavy (non-hydrogen) atoms. The van der Waals surface area contributed by atoms with Crippen molar-refractivity contribution >= 4 is 21.7 Å². The third-order valence-electron chi connectivity index (χ3n) is 4.30. The van der Waals surface area contributed by atoms with Crippen LogP contribution in [-0.2, 0) is 11.3 Å². The Kier molecular flexibility index (Phi) is 5.39. The number of Topliss-reactive ketones (excluding diaryl/α,β-unsaturated/α-hetero) is 1. The molecule has 1 aliphatic carbocycles. The van der Waals surface area contributed by atoms with E-state index in [2.05, 4.69) is 66.0 Å². The molecule has 2 rings (SSSR count). The number of hydrogen-bond acceptors (Lipinski definition) is 2. The molecule has 0 spiro atoms. The van der Waals surface area contributed by atoms with Gasteiger partial charge in [0.2, 0.25) is 0 Å². The lowest BCUT2D eigenvalue weighted by Gasteiger charge is -2.34. The van der Waals surface area contributed by atoms with E-state index in [0.29, 0.717) is 17.6 Å². The maximum absolute atomic E-state index is 12.2. The predicted molar refractivity (Wildman–Crippen MR) is 86.5 cm³/mol. The van der Waals surface area contributed by atoms with Gasteiger partial charge >= 0.3 is 0 Å². The van der Waals surface area contributed by atoms with Gasteiger partial charge < -0.3 is 4.90 Å². The minimum absolute atomic E-state index is 0.214. The minimum atomic E-state index is 0.214. The van der Waals surface area contributed by atoms with E-state index in [4.69, 9.17) is 0 Å². The molecule has 2 nitrogen and oxygen atoms in total. The van der Waals surface area contributed by atoms with Crippen LogP contribution in [0, 0.1) is 17.8 Å². The average Bonchev–Trinajstić information content (AvgIpc) is 2.36. The number of benzene rings is 1. The van der Waals surface area contributed by atoms with Gasteiger partial charge in [0, 0.05) is 29.9 Å². The van der Waals surface area contributed by atoms with E-state index in [1.807, 2.05) is 0 Å². The lowest BCUT2D eigenvalue weighted by atomic mass is 9.74. The van der Waals surface area contributed by atoms with Gasteiger partial charge in [-0.15, -0.1) is 0 Å². The maximum Gasteiger partial charge on any atom is 0.137 e. The van der Waals surface area contributed by atoms with Gasteiger partial charge in [-0.25, -0.2) is 0 Å².